The molecule has 0 radical (unpaired) electrons. The molecule has 1 aliphatic heterocycles. The molecule has 2 aliphatic rings. The SMILES string of the molecule is O=C(Nc1ccccc1)c1cnc(N2CCOCC2)nc1CCNC[C@@H]1CC=CCC1. The van der Waals surface area contributed by atoms with E-state index in [2.05, 4.69) is 32.7 Å². The first-order valence-electron chi connectivity index (χ1n) is 11.2. The lowest BCUT2D eigenvalue weighted by Crippen LogP contribution is -2.37. The molecule has 0 unspecified atom stereocenters. The van der Waals surface area contributed by atoms with E-state index in [1.807, 2.05) is 30.3 Å². The summed E-state index contributed by atoms with van der Waals surface area (Å²) in [5, 5.41) is 6.52. The molecule has 1 amide bonds. The number of anilines is 2. The zero-order valence-electron chi connectivity index (χ0n) is 17.9. The Labute approximate surface area is 183 Å². The van der Waals surface area contributed by atoms with Gasteiger partial charge in [-0.3, -0.25) is 4.79 Å². The van der Waals surface area contributed by atoms with Crippen LogP contribution in [0.5, 0.6) is 0 Å². The van der Waals surface area contributed by atoms with E-state index in [1.54, 1.807) is 6.20 Å². The van der Waals surface area contributed by atoms with Crippen LogP contribution in [0.1, 0.15) is 35.3 Å². The molecule has 1 fully saturated rings. The van der Waals surface area contributed by atoms with E-state index < -0.39 is 0 Å². The van der Waals surface area contributed by atoms with Crippen molar-refractivity contribution in [2.45, 2.75) is 25.7 Å². The van der Waals surface area contributed by atoms with Crippen molar-refractivity contribution >= 4 is 17.5 Å². The standard InChI is InChI=1S/C24H31N5O2/c30-23(27-20-9-5-2-6-10-20)21-18-26-24(29-13-15-31-16-14-29)28-22(21)11-12-25-17-19-7-3-1-4-8-19/h1-3,5-6,9-10,18-19,25H,4,7-8,11-17H2,(H,27,30)/t19-/m1/s1. The third-order valence-corrected chi connectivity index (χ3v) is 5.77. The van der Waals surface area contributed by atoms with Crippen molar-refractivity contribution in [1.29, 1.82) is 0 Å². The summed E-state index contributed by atoms with van der Waals surface area (Å²) in [7, 11) is 0. The molecule has 0 saturated carbocycles. The quantitative estimate of drug-likeness (QED) is 0.504. The van der Waals surface area contributed by atoms with Gasteiger partial charge in [-0.25, -0.2) is 9.97 Å². The average Bonchev–Trinajstić information content (AvgIpc) is 2.83. The van der Waals surface area contributed by atoms with Crippen molar-refractivity contribution in [3.8, 4) is 0 Å². The highest BCUT2D eigenvalue weighted by molar-refractivity contribution is 6.04. The summed E-state index contributed by atoms with van der Waals surface area (Å²) >= 11 is 0. The van der Waals surface area contributed by atoms with Gasteiger partial charge in [0.1, 0.15) is 0 Å². The number of carbonyl (C=O) groups is 1. The Kier molecular flexibility index (Phi) is 7.63. The number of morpholine rings is 1. The maximum atomic E-state index is 12.9. The van der Waals surface area contributed by atoms with E-state index in [0.29, 0.717) is 37.1 Å². The Hall–Kier alpha value is -2.77. The van der Waals surface area contributed by atoms with E-state index in [0.717, 1.165) is 44.0 Å². The summed E-state index contributed by atoms with van der Waals surface area (Å²) in [5.41, 5.74) is 2.07. The lowest BCUT2D eigenvalue weighted by atomic mass is 9.94. The van der Waals surface area contributed by atoms with Crippen molar-refractivity contribution in [1.82, 2.24) is 15.3 Å². The van der Waals surface area contributed by atoms with Gasteiger partial charge in [0.25, 0.3) is 5.91 Å². The fourth-order valence-corrected chi connectivity index (χ4v) is 3.98. The number of hydrogen-bond acceptors (Lipinski definition) is 6. The fourth-order valence-electron chi connectivity index (χ4n) is 3.98. The fraction of sp³-hybridized carbons (Fsp3) is 0.458. The molecule has 2 N–H and O–H groups in total. The lowest BCUT2D eigenvalue weighted by molar-refractivity contribution is 0.102. The number of ether oxygens (including phenoxy) is 1. The number of amides is 1. The molecule has 164 valence electrons. The van der Waals surface area contributed by atoms with Crippen molar-refractivity contribution in [2.24, 2.45) is 5.92 Å². The van der Waals surface area contributed by atoms with Gasteiger partial charge in [0, 0.05) is 37.9 Å². The second-order valence-corrected chi connectivity index (χ2v) is 8.05. The van der Waals surface area contributed by atoms with Crippen LogP contribution in [0.3, 0.4) is 0 Å². The summed E-state index contributed by atoms with van der Waals surface area (Å²) in [6, 6.07) is 9.48. The Bertz CT molecular complexity index is 881. The molecule has 0 spiro atoms. The molecule has 0 bridgehead atoms. The average molecular weight is 422 g/mol. The first kappa shape index (κ1) is 21.5. The number of carbonyl (C=O) groups excluding carboxylic acids is 1. The van der Waals surface area contributed by atoms with Crippen molar-refractivity contribution in [3.05, 3.63) is 59.9 Å². The van der Waals surface area contributed by atoms with Crippen LogP contribution in [0.2, 0.25) is 0 Å². The van der Waals surface area contributed by atoms with E-state index in [1.165, 1.54) is 12.8 Å². The van der Waals surface area contributed by atoms with Gasteiger partial charge in [-0.15, -0.1) is 0 Å². The lowest BCUT2D eigenvalue weighted by Gasteiger charge is -2.27. The van der Waals surface area contributed by atoms with E-state index in [9.17, 15) is 4.79 Å². The predicted molar refractivity (Wildman–Crippen MR) is 123 cm³/mol. The number of hydrogen-bond donors (Lipinski definition) is 2. The second kappa shape index (κ2) is 11.0. The Balaban J connectivity index is 1.44. The second-order valence-electron chi connectivity index (χ2n) is 8.05. The smallest absolute Gasteiger partial charge is 0.259 e. The molecule has 1 aliphatic carbocycles. The molecular weight excluding hydrogens is 390 g/mol. The van der Waals surface area contributed by atoms with Gasteiger partial charge >= 0.3 is 0 Å². The van der Waals surface area contributed by atoms with Gasteiger partial charge in [-0.05, 0) is 43.9 Å². The van der Waals surface area contributed by atoms with Crippen LogP contribution in [0.4, 0.5) is 11.6 Å². The zero-order valence-corrected chi connectivity index (χ0v) is 17.9. The normalized spacial score (nSPS) is 18.7. The first-order valence-corrected chi connectivity index (χ1v) is 11.2. The van der Waals surface area contributed by atoms with E-state index in [-0.39, 0.29) is 5.91 Å². The number of para-hydroxylation sites is 1. The molecule has 1 saturated heterocycles. The Morgan fingerprint density at radius 1 is 1.16 bits per heavy atom. The van der Waals surface area contributed by atoms with Gasteiger partial charge in [0.2, 0.25) is 5.95 Å². The Morgan fingerprint density at radius 2 is 2.00 bits per heavy atom. The van der Waals surface area contributed by atoms with Gasteiger partial charge in [0.15, 0.2) is 0 Å². The zero-order chi connectivity index (χ0) is 21.3. The van der Waals surface area contributed by atoms with Crippen molar-refractivity contribution in [3.63, 3.8) is 0 Å². The molecule has 7 heteroatoms. The van der Waals surface area contributed by atoms with Crippen LogP contribution < -0.4 is 15.5 Å². The molecule has 2 heterocycles. The molecule has 1 atom stereocenters. The van der Waals surface area contributed by atoms with Crippen LogP contribution in [0, 0.1) is 5.92 Å². The number of benzene rings is 1. The molecule has 4 rings (SSSR count). The summed E-state index contributed by atoms with van der Waals surface area (Å²) in [4.78, 5) is 24.4. The predicted octanol–water partition coefficient (Wildman–Crippen LogP) is 3.05. The summed E-state index contributed by atoms with van der Waals surface area (Å²) in [6.45, 7) is 4.66. The summed E-state index contributed by atoms with van der Waals surface area (Å²) in [6.07, 6.45) is 10.4. The number of allylic oxidation sites excluding steroid dienone is 2. The molecule has 2 aromatic rings. The third-order valence-electron chi connectivity index (χ3n) is 5.77. The van der Waals surface area contributed by atoms with Gasteiger partial charge in [0.05, 0.1) is 24.5 Å². The minimum absolute atomic E-state index is 0.174. The monoisotopic (exact) mass is 421 g/mol. The van der Waals surface area contributed by atoms with E-state index >= 15 is 0 Å². The molecule has 31 heavy (non-hydrogen) atoms. The number of nitrogens with zero attached hydrogens (tertiary/aromatic N) is 3. The van der Waals surface area contributed by atoms with Crippen molar-refractivity contribution in [2.75, 3.05) is 49.6 Å². The molecule has 1 aromatic carbocycles. The highest BCUT2D eigenvalue weighted by atomic mass is 16.5. The van der Waals surface area contributed by atoms with Crippen LogP contribution in [0.25, 0.3) is 0 Å². The van der Waals surface area contributed by atoms with Crippen LogP contribution in [-0.2, 0) is 11.2 Å². The minimum atomic E-state index is -0.174. The topological polar surface area (TPSA) is 79.4 Å². The van der Waals surface area contributed by atoms with E-state index in [4.69, 9.17) is 9.72 Å². The van der Waals surface area contributed by atoms with Crippen LogP contribution in [0.15, 0.2) is 48.7 Å². The third kappa shape index (κ3) is 6.12. The van der Waals surface area contributed by atoms with Gasteiger partial charge in [-0.2, -0.15) is 0 Å². The highest BCUT2D eigenvalue weighted by Gasteiger charge is 2.19. The number of aromatic nitrogens is 2. The summed E-state index contributed by atoms with van der Waals surface area (Å²) < 4.78 is 5.44. The number of nitrogens with one attached hydrogen (secondary N) is 2. The van der Waals surface area contributed by atoms with Crippen LogP contribution >= 0.6 is 0 Å². The van der Waals surface area contributed by atoms with Gasteiger partial charge in [-0.1, -0.05) is 30.4 Å². The van der Waals surface area contributed by atoms with Gasteiger partial charge < -0.3 is 20.3 Å². The first-order chi connectivity index (χ1) is 15.3. The molecule has 7 nitrogen and oxygen atoms in total. The maximum absolute atomic E-state index is 12.9. The Morgan fingerprint density at radius 3 is 2.77 bits per heavy atom. The number of rotatable bonds is 8. The largest absolute Gasteiger partial charge is 0.378 e. The minimum Gasteiger partial charge on any atom is -0.378 e. The maximum Gasteiger partial charge on any atom is 0.259 e. The molecule has 1 aromatic heterocycles. The highest BCUT2D eigenvalue weighted by Crippen LogP contribution is 2.18. The van der Waals surface area contributed by atoms with Crippen LogP contribution in [-0.4, -0.2) is 55.3 Å². The molecular formula is C24H31N5O2. The summed E-state index contributed by atoms with van der Waals surface area (Å²) in [5.74, 6) is 1.19. The van der Waals surface area contributed by atoms with Crippen molar-refractivity contribution < 1.29 is 9.53 Å².